The third kappa shape index (κ3) is 3.31. The van der Waals surface area contributed by atoms with Gasteiger partial charge in [0.25, 0.3) is 0 Å². The molecule has 0 aliphatic heterocycles. The van der Waals surface area contributed by atoms with Gasteiger partial charge >= 0.3 is 0 Å². The Labute approximate surface area is 123 Å². The second-order valence-corrected chi connectivity index (χ2v) is 5.43. The molecule has 4 heteroatoms. The molecule has 0 spiro atoms. The summed E-state index contributed by atoms with van der Waals surface area (Å²) in [6.07, 6.45) is 0. The first kappa shape index (κ1) is 14.4. The van der Waals surface area contributed by atoms with Crippen molar-refractivity contribution in [2.24, 2.45) is 0 Å². The minimum Gasteiger partial charge on any atom is -0.399 e. The lowest BCUT2D eigenvalue weighted by Gasteiger charge is -2.13. The molecular weight excluding hydrogens is 272 g/mol. The number of rotatable bonds is 3. The van der Waals surface area contributed by atoms with Crippen LogP contribution in [0.3, 0.4) is 0 Å². The molecule has 1 amide bonds. The molecule has 1 atom stereocenters. The van der Waals surface area contributed by atoms with Gasteiger partial charge < -0.3 is 11.1 Å². The zero-order chi connectivity index (χ0) is 14.7. The highest BCUT2D eigenvalue weighted by molar-refractivity contribution is 6.32. The number of alkyl halides is 1. The fourth-order valence-corrected chi connectivity index (χ4v) is 1.93. The van der Waals surface area contributed by atoms with E-state index in [0.717, 1.165) is 11.1 Å². The molecule has 104 valence electrons. The number of nitrogen functional groups attached to an aromatic ring is 1. The Morgan fingerprint density at radius 1 is 1.20 bits per heavy atom. The number of aryl methyl sites for hydroxylation is 1. The van der Waals surface area contributed by atoms with E-state index in [4.69, 9.17) is 17.3 Å². The van der Waals surface area contributed by atoms with Gasteiger partial charge in [-0.3, -0.25) is 4.79 Å². The average Bonchev–Trinajstić information content (AvgIpc) is 2.41. The SMILES string of the molecule is Cc1ccc(-c2cc(N)ccc2NC(=O)C(C)Cl)cc1. The van der Waals surface area contributed by atoms with Gasteiger partial charge in [0, 0.05) is 16.9 Å². The third-order valence-electron chi connectivity index (χ3n) is 3.03. The van der Waals surface area contributed by atoms with Gasteiger partial charge in [-0.2, -0.15) is 0 Å². The summed E-state index contributed by atoms with van der Waals surface area (Å²) in [4.78, 5) is 11.8. The molecule has 0 aromatic heterocycles. The van der Waals surface area contributed by atoms with Crippen LogP contribution in [0.15, 0.2) is 42.5 Å². The smallest absolute Gasteiger partial charge is 0.242 e. The molecule has 1 unspecified atom stereocenters. The van der Waals surface area contributed by atoms with Gasteiger partial charge in [0.2, 0.25) is 5.91 Å². The number of hydrogen-bond donors (Lipinski definition) is 2. The number of amides is 1. The quantitative estimate of drug-likeness (QED) is 0.666. The summed E-state index contributed by atoms with van der Waals surface area (Å²) >= 11 is 5.79. The van der Waals surface area contributed by atoms with Gasteiger partial charge in [-0.25, -0.2) is 0 Å². The van der Waals surface area contributed by atoms with E-state index < -0.39 is 5.38 Å². The molecule has 3 N–H and O–H groups in total. The van der Waals surface area contributed by atoms with Crippen molar-refractivity contribution in [2.75, 3.05) is 11.1 Å². The zero-order valence-electron chi connectivity index (χ0n) is 11.5. The molecule has 2 rings (SSSR count). The van der Waals surface area contributed by atoms with Gasteiger partial charge in [-0.15, -0.1) is 11.6 Å². The van der Waals surface area contributed by atoms with Crippen LogP contribution in [0.1, 0.15) is 12.5 Å². The highest BCUT2D eigenvalue weighted by atomic mass is 35.5. The summed E-state index contributed by atoms with van der Waals surface area (Å²) in [5.41, 5.74) is 10.3. The van der Waals surface area contributed by atoms with E-state index >= 15 is 0 Å². The summed E-state index contributed by atoms with van der Waals surface area (Å²) in [5.74, 6) is -0.232. The summed E-state index contributed by atoms with van der Waals surface area (Å²) in [7, 11) is 0. The first-order valence-corrected chi connectivity index (χ1v) is 6.82. The number of halogens is 1. The number of carbonyl (C=O) groups is 1. The lowest BCUT2D eigenvalue weighted by atomic mass is 10.0. The number of hydrogen-bond acceptors (Lipinski definition) is 2. The lowest BCUT2D eigenvalue weighted by molar-refractivity contribution is -0.115. The van der Waals surface area contributed by atoms with E-state index in [-0.39, 0.29) is 5.91 Å². The molecule has 0 saturated heterocycles. The van der Waals surface area contributed by atoms with Crippen LogP contribution < -0.4 is 11.1 Å². The standard InChI is InChI=1S/C16H17ClN2O/c1-10-3-5-12(6-4-10)14-9-13(18)7-8-15(14)19-16(20)11(2)17/h3-9,11H,18H2,1-2H3,(H,19,20). The van der Waals surface area contributed by atoms with Gasteiger partial charge in [0.15, 0.2) is 0 Å². The van der Waals surface area contributed by atoms with E-state index in [9.17, 15) is 4.79 Å². The van der Waals surface area contributed by atoms with Crippen LogP contribution >= 0.6 is 11.6 Å². The lowest BCUT2D eigenvalue weighted by Crippen LogP contribution is -2.20. The Bertz CT molecular complexity index is 621. The minimum absolute atomic E-state index is 0.232. The molecule has 20 heavy (non-hydrogen) atoms. The van der Waals surface area contributed by atoms with Crippen LogP contribution in [0.4, 0.5) is 11.4 Å². The zero-order valence-corrected chi connectivity index (χ0v) is 12.2. The van der Waals surface area contributed by atoms with E-state index in [1.54, 1.807) is 19.1 Å². The fourth-order valence-electron chi connectivity index (χ4n) is 1.87. The molecule has 3 nitrogen and oxygen atoms in total. The Morgan fingerprint density at radius 3 is 2.45 bits per heavy atom. The number of carbonyl (C=O) groups excluding carboxylic acids is 1. The van der Waals surface area contributed by atoms with Crippen LogP contribution in [0.5, 0.6) is 0 Å². The summed E-state index contributed by atoms with van der Waals surface area (Å²) in [6, 6.07) is 13.4. The van der Waals surface area contributed by atoms with Gasteiger partial charge in [0.1, 0.15) is 5.38 Å². The molecule has 2 aromatic rings. The van der Waals surface area contributed by atoms with Gasteiger partial charge in [-0.05, 0) is 37.6 Å². The Morgan fingerprint density at radius 2 is 1.85 bits per heavy atom. The van der Waals surface area contributed by atoms with Crippen LogP contribution in [0.2, 0.25) is 0 Å². The summed E-state index contributed by atoms with van der Waals surface area (Å²) in [6.45, 7) is 3.67. The van der Waals surface area contributed by atoms with Crippen LogP contribution in [0, 0.1) is 6.92 Å². The van der Waals surface area contributed by atoms with Crippen molar-refractivity contribution in [3.63, 3.8) is 0 Å². The Balaban J connectivity index is 2.43. The molecule has 0 aliphatic rings. The van der Waals surface area contributed by atoms with Crippen molar-refractivity contribution < 1.29 is 4.79 Å². The summed E-state index contributed by atoms with van der Waals surface area (Å²) < 4.78 is 0. The first-order valence-electron chi connectivity index (χ1n) is 6.39. The number of anilines is 2. The minimum atomic E-state index is -0.585. The van der Waals surface area contributed by atoms with Gasteiger partial charge in [-0.1, -0.05) is 29.8 Å². The Kier molecular flexibility index (Phi) is 4.30. The molecule has 0 saturated carbocycles. The molecule has 0 aliphatic carbocycles. The first-order chi connectivity index (χ1) is 9.47. The van der Waals surface area contributed by atoms with Crippen molar-refractivity contribution in [3.05, 3.63) is 48.0 Å². The molecule has 0 bridgehead atoms. The van der Waals surface area contributed by atoms with Crippen LogP contribution in [0.25, 0.3) is 11.1 Å². The molecule has 0 heterocycles. The van der Waals surface area contributed by atoms with Crippen molar-refractivity contribution in [3.8, 4) is 11.1 Å². The molecule has 0 radical (unpaired) electrons. The maximum atomic E-state index is 11.8. The fraction of sp³-hybridized carbons (Fsp3) is 0.188. The number of benzene rings is 2. The number of nitrogens with one attached hydrogen (secondary N) is 1. The molecule has 2 aromatic carbocycles. The maximum absolute atomic E-state index is 11.8. The van der Waals surface area contributed by atoms with E-state index in [1.807, 2.05) is 37.3 Å². The largest absolute Gasteiger partial charge is 0.399 e. The van der Waals surface area contributed by atoms with Crippen molar-refractivity contribution in [1.82, 2.24) is 0 Å². The summed E-state index contributed by atoms with van der Waals surface area (Å²) in [5, 5.41) is 2.24. The normalized spacial score (nSPS) is 11.9. The van der Waals surface area contributed by atoms with Crippen molar-refractivity contribution >= 4 is 28.9 Å². The topological polar surface area (TPSA) is 55.1 Å². The third-order valence-corrected chi connectivity index (χ3v) is 3.22. The van der Waals surface area contributed by atoms with Crippen LogP contribution in [-0.2, 0) is 4.79 Å². The highest BCUT2D eigenvalue weighted by Gasteiger charge is 2.13. The van der Waals surface area contributed by atoms with Crippen LogP contribution in [-0.4, -0.2) is 11.3 Å². The second-order valence-electron chi connectivity index (χ2n) is 4.78. The van der Waals surface area contributed by atoms with E-state index in [2.05, 4.69) is 5.32 Å². The van der Waals surface area contributed by atoms with E-state index in [0.29, 0.717) is 11.4 Å². The Hall–Kier alpha value is -2.00. The van der Waals surface area contributed by atoms with E-state index in [1.165, 1.54) is 5.56 Å². The highest BCUT2D eigenvalue weighted by Crippen LogP contribution is 2.30. The van der Waals surface area contributed by atoms with Gasteiger partial charge in [0.05, 0.1) is 0 Å². The second kappa shape index (κ2) is 5.97. The van der Waals surface area contributed by atoms with Crippen molar-refractivity contribution in [1.29, 1.82) is 0 Å². The maximum Gasteiger partial charge on any atom is 0.242 e. The average molecular weight is 289 g/mol. The molecular formula is C16H17ClN2O. The predicted molar refractivity (Wildman–Crippen MR) is 85.0 cm³/mol. The molecule has 0 fully saturated rings. The number of nitrogens with two attached hydrogens (primary N) is 1. The van der Waals surface area contributed by atoms with Crippen molar-refractivity contribution in [2.45, 2.75) is 19.2 Å². The predicted octanol–water partition coefficient (Wildman–Crippen LogP) is 3.81. The monoisotopic (exact) mass is 288 g/mol.